The Hall–Kier alpha value is -2.04. The van der Waals surface area contributed by atoms with Crippen molar-refractivity contribution in [2.24, 2.45) is 5.92 Å². The molecule has 0 aliphatic carbocycles. The van der Waals surface area contributed by atoms with Crippen molar-refractivity contribution in [3.8, 4) is 0 Å². The van der Waals surface area contributed by atoms with Crippen molar-refractivity contribution >= 4 is 12.0 Å². The molecule has 1 aliphatic heterocycles. The largest absolute Gasteiger partial charge is 0.466 e. The summed E-state index contributed by atoms with van der Waals surface area (Å²) in [5.41, 5.74) is 1.10. The number of likely N-dealkylation sites (N-methyl/N-ethyl adjacent to an activating group) is 1. The molecule has 1 fully saturated rings. The Bertz CT molecular complexity index is 588. The summed E-state index contributed by atoms with van der Waals surface area (Å²) in [6, 6.07) is 9.87. The zero-order chi connectivity index (χ0) is 18.6. The lowest BCUT2D eigenvalue weighted by Crippen LogP contribution is -2.42. The number of esters is 1. The summed E-state index contributed by atoms with van der Waals surface area (Å²) in [6.07, 6.45) is 1.01. The second kappa shape index (κ2) is 8.37. The van der Waals surface area contributed by atoms with Crippen LogP contribution in [0.2, 0.25) is 0 Å². The van der Waals surface area contributed by atoms with E-state index in [0.29, 0.717) is 12.5 Å². The summed E-state index contributed by atoms with van der Waals surface area (Å²) in [4.78, 5) is 28.8. The van der Waals surface area contributed by atoms with Gasteiger partial charge in [-0.2, -0.15) is 0 Å². The van der Waals surface area contributed by atoms with E-state index in [2.05, 4.69) is 32.9 Å². The normalized spacial score (nSPS) is 21.8. The van der Waals surface area contributed by atoms with E-state index >= 15 is 0 Å². The summed E-state index contributed by atoms with van der Waals surface area (Å²) in [7, 11) is 1.83. The molecule has 25 heavy (non-hydrogen) atoms. The average Bonchev–Trinajstić information content (AvgIpc) is 2.79. The van der Waals surface area contributed by atoms with Gasteiger partial charge in [-0.1, -0.05) is 44.2 Å². The molecule has 0 radical (unpaired) electrons. The fourth-order valence-corrected chi connectivity index (χ4v) is 3.64. The lowest BCUT2D eigenvalue weighted by Gasteiger charge is -2.34. The first-order chi connectivity index (χ1) is 11.9. The number of hydrogen-bond donors (Lipinski definition) is 0. The van der Waals surface area contributed by atoms with Gasteiger partial charge in [0, 0.05) is 13.1 Å². The molecule has 0 unspecified atom stereocenters. The fraction of sp³-hybridized carbons (Fsp3) is 0.600. The average molecular weight is 346 g/mol. The van der Waals surface area contributed by atoms with Crippen LogP contribution < -0.4 is 0 Å². The molecule has 0 saturated carbocycles. The van der Waals surface area contributed by atoms with Crippen LogP contribution in [0.3, 0.4) is 0 Å². The van der Waals surface area contributed by atoms with Gasteiger partial charge in [-0.25, -0.2) is 4.79 Å². The van der Waals surface area contributed by atoms with E-state index in [1.807, 2.05) is 30.1 Å². The molecule has 1 aliphatic rings. The van der Waals surface area contributed by atoms with Crippen LogP contribution in [0.25, 0.3) is 0 Å². The Morgan fingerprint density at radius 1 is 1.24 bits per heavy atom. The number of nitrogens with zero attached hydrogens (tertiary/aromatic N) is 2. The molecule has 5 heteroatoms. The Morgan fingerprint density at radius 3 is 2.44 bits per heavy atom. The number of carbonyl (C=O) groups excluding carboxylic acids is 2. The van der Waals surface area contributed by atoms with Crippen LogP contribution in [0.1, 0.15) is 52.1 Å². The van der Waals surface area contributed by atoms with Gasteiger partial charge >= 0.3 is 12.0 Å². The van der Waals surface area contributed by atoms with Gasteiger partial charge < -0.3 is 14.5 Å². The van der Waals surface area contributed by atoms with Crippen LogP contribution in [0.15, 0.2) is 30.3 Å². The van der Waals surface area contributed by atoms with Gasteiger partial charge in [0.1, 0.15) is 0 Å². The Balaban J connectivity index is 2.36. The standard InChI is InChI=1S/C20H30N2O3/c1-6-25-18(23)13-17(12-14(2)3)22-19(15(4)21(5)20(22)24)16-10-8-7-9-11-16/h7-11,14-15,17,19H,6,12-13H2,1-5H3/t15-,17-,19-/m0/s1. The van der Waals surface area contributed by atoms with E-state index in [1.165, 1.54) is 0 Å². The molecule has 5 nitrogen and oxygen atoms in total. The first kappa shape index (κ1) is 19.3. The number of urea groups is 1. The van der Waals surface area contributed by atoms with Crippen LogP contribution in [0, 0.1) is 5.92 Å². The van der Waals surface area contributed by atoms with Gasteiger partial charge in [0.05, 0.1) is 25.1 Å². The second-order valence-electron chi connectivity index (χ2n) is 7.19. The zero-order valence-electron chi connectivity index (χ0n) is 15.9. The third kappa shape index (κ3) is 4.33. The highest BCUT2D eigenvalue weighted by molar-refractivity contribution is 5.79. The number of rotatable bonds is 7. The highest BCUT2D eigenvalue weighted by Crippen LogP contribution is 2.38. The molecule has 2 rings (SSSR count). The minimum Gasteiger partial charge on any atom is -0.466 e. The van der Waals surface area contributed by atoms with E-state index in [0.717, 1.165) is 12.0 Å². The third-order valence-corrected chi connectivity index (χ3v) is 4.88. The Labute approximate surface area is 150 Å². The number of hydrogen-bond acceptors (Lipinski definition) is 3. The first-order valence-corrected chi connectivity index (χ1v) is 9.12. The van der Waals surface area contributed by atoms with Gasteiger partial charge in [0.25, 0.3) is 0 Å². The maximum absolute atomic E-state index is 13.0. The van der Waals surface area contributed by atoms with E-state index in [9.17, 15) is 9.59 Å². The van der Waals surface area contributed by atoms with Crippen molar-refractivity contribution in [2.75, 3.05) is 13.7 Å². The summed E-state index contributed by atoms with van der Waals surface area (Å²) >= 11 is 0. The fourth-order valence-electron chi connectivity index (χ4n) is 3.64. The van der Waals surface area contributed by atoms with Crippen molar-refractivity contribution in [3.63, 3.8) is 0 Å². The lowest BCUT2D eigenvalue weighted by atomic mass is 9.94. The van der Waals surface area contributed by atoms with Crippen LogP contribution in [-0.2, 0) is 9.53 Å². The van der Waals surface area contributed by atoms with Crippen molar-refractivity contribution < 1.29 is 14.3 Å². The zero-order valence-corrected chi connectivity index (χ0v) is 15.9. The molecule has 0 bridgehead atoms. The molecule has 1 aromatic carbocycles. The van der Waals surface area contributed by atoms with E-state index in [1.54, 1.807) is 11.8 Å². The molecular weight excluding hydrogens is 316 g/mol. The minimum atomic E-state index is -0.241. The number of ether oxygens (including phenoxy) is 1. The highest BCUT2D eigenvalue weighted by atomic mass is 16.5. The van der Waals surface area contributed by atoms with Crippen LogP contribution in [0.4, 0.5) is 4.79 Å². The molecule has 0 aromatic heterocycles. The van der Waals surface area contributed by atoms with E-state index in [-0.39, 0.29) is 36.5 Å². The SMILES string of the molecule is CCOC(=O)C[C@H](CC(C)C)N1C(=O)N(C)[C@@H](C)[C@H]1c1ccccc1. The molecule has 1 aromatic rings. The van der Waals surface area contributed by atoms with Gasteiger partial charge in [0.15, 0.2) is 0 Å². The van der Waals surface area contributed by atoms with Crippen LogP contribution >= 0.6 is 0 Å². The van der Waals surface area contributed by atoms with Crippen LogP contribution in [-0.4, -0.2) is 47.5 Å². The van der Waals surface area contributed by atoms with Crippen molar-refractivity contribution in [2.45, 2.75) is 58.7 Å². The third-order valence-electron chi connectivity index (χ3n) is 4.88. The van der Waals surface area contributed by atoms with Gasteiger partial charge in [-0.05, 0) is 31.7 Å². The van der Waals surface area contributed by atoms with Gasteiger partial charge in [-0.15, -0.1) is 0 Å². The van der Waals surface area contributed by atoms with Gasteiger partial charge in [-0.3, -0.25) is 4.79 Å². The molecule has 1 saturated heterocycles. The van der Waals surface area contributed by atoms with Crippen LogP contribution in [0.5, 0.6) is 0 Å². The lowest BCUT2D eigenvalue weighted by molar-refractivity contribution is -0.144. The summed E-state index contributed by atoms with van der Waals surface area (Å²) in [5, 5.41) is 0. The smallest absolute Gasteiger partial charge is 0.320 e. The minimum absolute atomic E-state index is 0.0173. The Kier molecular flexibility index (Phi) is 6.45. The monoisotopic (exact) mass is 346 g/mol. The topological polar surface area (TPSA) is 49.9 Å². The molecular formula is C20H30N2O3. The molecule has 0 N–H and O–H groups in total. The van der Waals surface area contributed by atoms with Crippen molar-refractivity contribution in [1.82, 2.24) is 9.80 Å². The molecule has 2 amide bonds. The molecule has 138 valence electrons. The van der Waals surface area contributed by atoms with Crippen molar-refractivity contribution in [1.29, 1.82) is 0 Å². The number of carbonyl (C=O) groups is 2. The molecule has 3 atom stereocenters. The number of benzene rings is 1. The summed E-state index contributed by atoms with van der Waals surface area (Å²) in [6.45, 7) is 8.46. The predicted molar refractivity (Wildman–Crippen MR) is 98.1 cm³/mol. The van der Waals surface area contributed by atoms with E-state index in [4.69, 9.17) is 4.74 Å². The summed E-state index contributed by atoms with van der Waals surface area (Å²) in [5.74, 6) is 0.139. The number of amides is 2. The van der Waals surface area contributed by atoms with Crippen molar-refractivity contribution in [3.05, 3.63) is 35.9 Å². The maximum Gasteiger partial charge on any atom is 0.320 e. The summed E-state index contributed by atoms with van der Waals surface area (Å²) < 4.78 is 5.15. The molecule has 0 spiro atoms. The van der Waals surface area contributed by atoms with E-state index < -0.39 is 0 Å². The van der Waals surface area contributed by atoms with Gasteiger partial charge in [0.2, 0.25) is 0 Å². The Morgan fingerprint density at radius 2 is 1.88 bits per heavy atom. The highest BCUT2D eigenvalue weighted by Gasteiger charge is 2.45. The quantitative estimate of drug-likeness (QED) is 0.705. The first-order valence-electron chi connectivity index (χ1n) is 9.12. The second-order valence-corrected chi connectivity index (χ2v) is 7.19. The molecule has 1 heterocycles. The maximum atomic E-state index is 13.0. The predicted octanol–water partition coefficient (Wildman–Crippen LogP) is 3.85.